The molecule has 0 heterocycles. The van der Waals surface area contributed by atoms with Crippen LogP contribution in [0.25, 0.3) is 10.8 Å². The Labute approximate surface area is 138 Å². The number of nitrogens with one attached hydrogen (secondary N) is 1. The first-order valence-corrected chi connectivity index (χ1v) is 7.39. The van der Waals surface area contributed by atoms with Crippen LogP contribution >= 0.6 is 12.4 Å². The van der Waals surface area contributed by atoms with Crippen molar-refractivity contribution in [1.29, 1.82) is 0 Å². The third kappa shape index (κ3) is 4.72. The number of rotatable bonds is 4. The van der Waals surface area contributed by atoms with Gasteiger partial charge in [0.2, 0.25) is 5.91 Å². The summed E-state index contributed by atoms with van der Waals surface area (Å²) in [7, 11) is 0. The fourth-order valence-corrected chi connectivity index (χ4v) is 2.23. The van der Waals surface area contributed by atoms with Gasteiger partial charge >= 0.3 is 0 Å². The van der Waals surface area contributed by atoms with Crippen molar-refractivity contribution >= 4 is 29.1 Å². The zero-order chi connectivity index (χ0) is 15.5. The summed E-state index contributed by atoms with van der Waals surface area (Å²) < 4.78 is 0. The molecule has 0 saturated carbocycles. The predicted octanol–water partition coefficient (Wildman–Crippen LogP) is 3.29. The molecule has 3 nitrogen and oxygen atoms in total. The highest BCUT2D eigenvalue weighted by Crippen LogP contribution is 2.17. The number of carbonyl (C=O) groups is 1. The zero-order valence-electron chi connectivity index (χ0n) is 13.4. The molecule has 0 radical (unpaired) electrons. The van der Waals surface area contributed by atoms with E-state index in [-0.39, 0.29) is 23.7 Å². The van der Waals surface area contributed by atoms with E-state index in [1.54, 1.807) is 0 Å². The molecular weight excluding hydrogens is 296 g/mol. The van der Waals surface area contributed by atoms with Crippen molar-refractivity contribution in [3.05, 3.63) is 48.0 Å². The highest BCUT2D eigenvalue weighted by Gasteiger charge is 2.26. The Morgan fingerprint density at radius 1 is 1.14 bits per heavy atom. The van der Waals surface area contributed by atoms with Crippen LogP contribution in [0.4, 0.5) is 0 Å². The zero-order valence-corrected chi connectivity index (χ0v) is 14.2. The van der Waals surface area contributed by atoms with E-state index in [4.69, 9.17) is 5.73 Å². The molecule has 0 spiro atoms. The van der Waals surface area contributed by atoms with Crippen LogP contribution in [0.15, 0.2) is 42.5 Å². The van der Waals surface area contributed by atoms with Crippen LogP contribution in [0.2, 0.25) is 0 Å². The quantitative estimate of drug-likeness (QED) is 0.908. The molecule has 0 unspecified atom stereocenters. The van der Waals surface area contributed by atoms with Crippen molar-refractivity contribution in [3.63, 3.8) is 0 Å². The van der Waals surface area contributed by atoms with Crippen LogP contribution in [0.5, 0.6) is 0 Å². The van der Waals surface area contributed by atoms with Gasteiger partial charge in [0.1, 0.15) is 0 Å². The van der Waals surface area contributed by atoms with Crippen molar-refractivity contribution in [3.8, 4) is 0 Å². The van der Waals surface area contributed by atoms with E-state index in [1.165, 1.54) is 16.3 Å². The number of nitrogens with two attached hydrogens (primary N) is 1. The molecule has 1 amide bonds. The smallest absolute Gasteiger partial charge is 0.237 e. The molecule has 22 heavy (non-hydrogen) atoms. The lowest BCUT2D eigenvalue weighted by Crippen LogP contribution is -2.48. The minimum Gasteiger partial charge on any atom is -0.354 e. The summed E-state index contributed by atoms with van der Waals surface area (Å²) in [5.74, 6) is -0.0803. The third-order valence-electron chi connectivity index (χ3n) is 3.74. The lowest BCUT2D eigenvalue weighted by atomic mass is 9.87. The number of fused-ring (bicyclic) bond motifs is 1. The fraction of sp³-hybridized carbons (Fsp3) is 0.389. The summed E-state index contributed by atoms with van der Waals surface area (Å²) in [5.41, 5.74) is 6.94. The topological polar surface area (TPSA) is 55.1 Å². The largest absolute Gasteiger partial charge is 0.354 e. The molecule has 0 bridgehead atoms. The number of benzene rings is 2. The van der Waals surface area contributed by atoms with E-state index in [1.807, 2.05) is 32.9 Å². The van der Waals surface area contributed by atoms with Gasteiger partial charge in [0.15, 0.2) is 0 Å². The molecular formula is C18H25ClN2O. The molecule has 3 N–H and O–H groups in total. The molecule has 0 aromatic heterocycles. The second-order valence-electron chi connectivity index (χ2n) is 6.57. The average molecular weight is 321 g/mol. The van der Waals surface area contributed by atoms with Crippen molar-refractivity contribution in [2.45, 2.75) is 33.2 Å². The van der Waals surface area contributed by atoms with Crippen LogP contribution in [-0.4, -0.2) is 18.5 Å². The lowest BCUT2D eigenvalue weighted by Gasteiger charge is -2.25. The van der Waals surface area contributed by atoms with E-state index in [0.29, 0.717) is 6.54 Å². The van der Waals surface area contributed by atoms with Crippen LogP contribution in [-0.2, 0) is 11.2 Å². The molecule has 1 atom stereocenters. The van der Waals surface area contributed by atoms with Gasteiger partial charge in [-0.3, -0.25) is 4.79 Å². The predicted molar refractivity (Wildman–Crippen MR) is 95.3 cm³/mol. The highest BCUT2D eigenvalue weighted by atomic mass is 35.5. The monoisotopic (exact) mass is 320 g/mol. The Bertz CT molecular complexity index is 634. The summed E-state index contributed by atoms with van der Waals surface area (Å²) >= 11 is 0. The summed E-state index contributed by atoms with van der Waals surface area (Å²) in [6, 6.07) is 14.2. The first-order valence-electron chi connectivity index (χ1n) is 7.39. The molecule has 2 aromatic carbocycles. The van der Waals surface area contributed by atoms with Crippen molar-refractivity contribution < 1.29 is 4.79 Å². The molecule has 0 saturated heterocycles. The van der Waals surface area contributed by atoms with Crippen molar-refractivity contribution in [2.24, 2.45) is 11.1 Å². The minimum atomic E-state index is -0.478. The molecule has 120 valence electrons. The molecule has 0 fully saturated rings. The van der Waals surface area contributed by atoms with Gasteiger partial charge in [-0.2, -0.15) is 0 Å². The van der Waals surface area contributed by atoms with Gasteiger partial charge in [-0.15, -0.1) is 12.4 Å². The lowest BCUT2D eigenvalue weighted by molar-refractivity contribution is -0.124. The Balaban J connectivity index is 0.00000242. The Kier molecular flexibility index (Phi) is 6.39. The number of halogens is 1. The van der Waals surface area contributed by atoms with Crippen LogP contribution in [0.3, 0.4) is 0 Å². The van der Waals surface area contributed by atoms with Crippen LogP contribution in [0.1, 0.15) is 26.3 Å². The van der Waals surface area contributed by atoms with Crippen molar-refractivity contribution in [2.75, 3.05) is 6.54 Å². The van der Waals surface area contributed by atoms with Gasteiger partial charge in [-0.1, -0.05) is 63.2 Å². The number of amides is 1. The molecule has 0 aliphatic rings. The number of hydrogen-bond acceptors (Lipinski definition) is 2. The summed E-state index contributed by atoms with van der Waals surface area (Å²) in [5, 5.41) is 5.39. The van der Waals surface area contributed by atoms with Crippen molar-refractivity contribution in [1.82, 2.24) is 5.32 Å². The first kappa shape index (κ1) is 18.5. The normalized spacial score (nSPS) is 12.5. The van der Waals surface area contributed by atoms with Crippen LogP contribution < -0.4 is 11.1 Å². The highest BCUT2D eigenvalue weighted by molar-refractivity contribution is 5.85. The minimum absolute atomic E-state index is 0. The van der Waals surface area contributed by atoms with Gasteiger partial charge < -0.3 is 11.1 Å². The summed E-state index contributed by atoms with van der Waals surface area (Å²) in [6.45, 7) is 6.53. The van der Waals surface area contributed by atoms with E-state index >= 15 is 0 Å². The third-order valence-corrected chi connectivity index (χ3v) is 3.74. The summed E-state index contributed by atoms with van der Waals surface area (Å²) in [4.78, 5) is 12.0. The standard InChI is InChI=1S/C18H24N2O.ClH/c1-18(2,3)16(19)17(21)20-11-10-13-8-9-14-6-4-5-7-15(14)12-13;/h4-9,12,16H,10-11,19H2,1-3H3,(H,20,21);1H/t16-;/m1./s1. The Morgan fingerprint density at radius 3 is 2.41 bits per heavy atom. The number of carbonyl (C=O) groups excluding carboxylic acids is 1. The first-order chi connectivity index (χ1) is 9.88. The summed E-state index contributed by atoms with van der Waals surface area (Å²) in [6.07, 6.45) is 0.813. The van der Waals surface area contributed by atoms with Crippen LogP contribution in [0, 0.1) is 5.41 Å². The van der Waals surface area contributed by atoms with E-state index < -0.39 is 6.04 Å². The molecule has 2 aromatic rings. The van der Waals surface area contributed by atoms with Gasteiger partial charge in [0.25, 0.3) is 0 Å². The Morgan fingerprint density at radius 2 is 1.77 bits per heavy atom. The van der Waals surface area contributed by atoms with E-state index in [0.717, 1.165) is 6.42 Å². The maximum atomic E-state index is 12.0. The fourth-order valence-electron chi connectivity index (χ4n) is 2.23. The second-order valence-corrected chi connectivity index (χ2v) is 6.57. The Hall–Kier alpha value is -1.58. The number of hydrogen-bond donors (Lipinski definition) is 2. The second kappa shape index (κ2) is 7.61. The van der Waals surface area contributed by atoms with E-state index in [2.05, 4.69) is 35.6 Å². The maximum absolute atomic E-state index is 12.0. The molecule has 0 aliphatic carbocycles. The SMILES string of the molecule is CC(C)(C)[C@H](N)C(=O)NCCc1ccc2ccccc2c1.Cl. The van der Waals surface area contributed by atoms with Gasteiger partial charge in [0.05, 0.1) is 6.04 Å². The molecule has 0 aliphatic heterocycles. The average Bonchev–Trinajstić information content (AvgIpc) is 2.45. The van der Waals surface area contributed by atoms with E-state index in [9.17, 15) is 4.79 Å². The van der Waals surface area contributed by atoms with Gasteiger partial charge in [-0.05, 0) is 28.2 Å². The van der Waals surface area contributed by atoms with Gasteiger partial charge in [-0.25, -0.2) is 0 Å². The van der Waals surface area contributed by atoms with Gasteiger partial charge in [0, 0.05) is 6.54 Å². The maximum Gasteiger partial charge on any atom is 0.237 e. The molecule has 2 rings (SSSR count). The molecule has 4 heteroatoms.